The molecular formula is C12H25NO2. The highest BCUT2D eigenvalue weighted by molar-refractivity contribution is 4.71. The largest absolute Gasteiger partial charge is 0.383 e. The third-order valence-electron chi connectivity index (χ3n) is 3.11. The Kier molecular flexibility index (Phi) is 6.98. The van der Waals surface area contributed by atoms with Crippen molar-refractivity contribution in [3.8, 4) is 0 Å². The Labute approximate surface area is 93.5 Å². The summed E-state index contributed by atoms with van der Waals surface area (Å²) in [6.07, 6.45) is 5.49. The summed E-state index contributed by atoms with van der Waals surface area (Å²) in [4.78, 5) is 0. The molecule has 0 bridgehead atoms. The van der Waals surface area contributed by atoms with Crippen molar-refractivity contribution in [3.63, 3.8) is 0 Å². The Morgan fingerprint density at radius 1 is 1.53 bits per heavy atom. The van der Waals surface area contributed by atoms with Gasteiger partial charge in [-0.15, -0.1) is 0 Å². The van der Waals surface area contributed by atoms with Gasteiger partial charge in [-0.3, -0.25) is 0 Å². The van der Waals surface area contributed by atoms with Gasteiger partial charge in [0, 0.05) is 20.3 Å². The van der Waals surface area contributed by atoms with Gasteiger partial charge < -0.3 is 14.8 Å². The molecule has 15 heavy (non-hydrogen) atoms. The lowest BCUT2D eigenvalue weighted by molar-refractivity contribution is 0.0882. The maximum atomic E-state index is 5.66. The van der Waals surface area contributed by atoms with Crippen LogP contribution in [0.25, 0.3) is 0 Å². The van der Waals surface area contributed by atoms with Crippen molar-refractivity contribution in [2.45, 2.75) is 38.7 Å². The number of rotatable bonds is 8. The molecule has 1 saturated heterocycles. The Morgan fingerprint density at radius 2 is 2.40 bits per heavy atom. The van der Waals surface area contributed by atoms with E-state index in [9.17, 15) is 0 Å². The highest BCUT2D eigenvalue weighted by Gasteiger charge is 2.19. The molecule has 1 fully saturated rings. The summed E-state index contributed by atoms with van der Waals surface area (Å²) in [6.45, 7) is 6.09. The Hall–Kier alpha value is -0.120. The van der Waals surface area contributed by atoms with Crippen molar-refractivity contribution in [1.82, 2.24) is 5.32 Å². The number of ether oxygens (including phenoxy) is 2. The zero-order valence-electron chi connectivity index (χ0n) is 10.1. The van der Waals surface area contributed by atoms with Crippen LogP contribution in [0.3, 0.4) is 0 Å². The predicted molar refractivity (Wildman–Crippen MR) is 62.1 cm³/mol. The average Bonchev–Trinajstić information content (AvgIpc) is 2.75. The fraction of sp³-hybridized carbons (Fsp3) is 1.00. The fourth-order valence-electron chi connectivity index (χ4n) is 2.08. The SMILES string of the molecule is CCC(CNCCOC)CC1CCCO1. The van der Waals surface area contributed by atoms with Gasteiger partial charge in [-0.05, 0) is 31.7 Å². The van der Waals surface area contributed by atoms with E-state index < -0.39 is 0 Å². The molecule has 2 atom stereocenters. The molecule has 1 heterocycles. The molecule has 1 aliphatic rings. The van der Waals surface area contributed by atoms with Crippen LogP contribution in [0.4, 0.5) is 0 Å². The topological polar surface area (TPSA) is 30.5 Å². The first-order valence-electron chi connectivity index (χ1n) is 6.18. The number of hydrogen-bond acceptors (Lipinski definition) is 3. The van der Waals surface area contributed by atoms with E-state index in [1.54, 1.807) is 7.11 Å². The van der Waals surface area contributed by atoms with Crippen molar-refractivity contribution < 1.29 is 9.47 Å². The van der Waals surface area contributed by atoms with Crippen LogP contribution in [0.2, 0.25) is 0 Å². The molecular weight excluding hydrogens is 190 g/mol. The van der Waals surface area contributed by atoms with Crippen molar-refractivity contribution in [1.29, 1.82) is 0 Å². The quantitative estimate of drug-likeness (QED) is 0.626. The molecule has 1 N–H and O–H groups in total. The van der Waals surface area contributed by atoms with Crippen LogP contribution in [0.15, 0.2) is 0 Å². The van der Waals surface area contributed by atoms with Gasteiger partial charge >= 0.3 is 0 Å². The molecule has 3 heteroatoms. The van der Waals surface area contributed by atoms with Gasteiger partial charge in [0.1, 0.15) is 0 Å². The molecule has 1 aliphatic heterocycles. The summed E-state index contributed by atoms with van der Waals surface area (Å²) < 4.78 is 10.7. The molecule has 2 unspecified atom stereocenters. The second-order valence-corrected chi connectivity index (χ2v) is 4.34. The number of nitrogens with one attached hydrogen (secondary N) is 1. The maximum Gasteiger partial charge on any atom is 0.0587 e. The van der Waals surface area contributed by atoms with E-state index in [2.05, 4.69) is 12.2 Å². The lowest BCUT2D eigenvalue weighted by Crippen LogP contribution is -2.28. The monoisotopic (exact) mass is 215 g/mol. The first-order chi connectivity index (χ1) is 7.36. The van der Waals surface area contributed by atoms with Crippen molar-refractivity contribution in [3.05, 3.63) is 0 Å². The Bertz CT molecular complexity index is 147. The van der Waals surface area contributed by atoms with E-state index in [0.29, 0.717) is 6.10 Å². The van der Waals surface area contributed by atoms with Crippen LogP contribution in [0, 0.1) is 5.92 Å². The molecule has 0 aromatic rings. The highest BCUT2D eigenvalue weighted by atomic mass is 16.5. The van der Waals surface area contributed by atoms with Crippen LogP contribution in [0.1, 0.15) is 32.6 Å². The molecule has 0 saturated carbocycles. The second kappa shape index (κ2) is 8.08. The minimum Gasteiger partial charge on any atom is -0.383 e. The minimum absolute atomic E-state index is 0.527. The molecule has 0 aromatic carbocycles. The normalized spacial score (nSPS) is 23.2. The van der Waals surface area contributed by atoms with Gasteiger partial charge in [0.2, 0.25) is 0 Å². The Morgan fingerprint density at radius 3 is 3.00 bits per heavy atom. The highest BCUT2D eigenvalue weighted by Crippen LogP contribution is 2.21. The molecule has 1 rings (SSSR count). The summed E-state index contributed by atoms with van der Waals surface area (Å²) in [5, 5.41) is 3.43. The van der Waals surface area contributed by atoms with E-state index in [-0.39, 0.29) is 0 Å². The van der Waals surface area contributed by atoms with Gasteiger partial charge in [-0.25, -0.2) is 0 Å². The molecule has 90 valence electrons. The Balaban J connectivity index is 2.06. The summed E-state index contributed by atoms with van der Waals surface area (Å²) in [5.41, 5.74) is 0. The summed E-state index contributed by atoms with van der Waals surface area (Å²) in [7, 11) is 1.74. The van der Waals surface area contributed by atoms with E-state index in [1.807, 2.05) is 0 Å². The summed E-state index contributed by atoms with van der Waals surface area (Å²) >= 11 is 0. The second-order valence-electron chi connectivity index (χ2n) is 4.34. The zero-order valence-corrected chi connectivity index (χ0v) is 10.1. The van der Waals surface area contributed by atoms with Gasteiger partial charge in [0.05, 0.1) is 12.7 Å². The van der Waals surface area contributed by atoms with E-state index in [1.165, 1.54) is 25.7 Å². The molecule has 3 nitrogen and oxygen atoms in total. The fourth-order valence-corrected chi connectivity index (χ4v) is 2.08. The third kappa shape index (κ3) is 5.50. The van der Waals surface area contributed by atoms with Gasteiger partial charge in [-0.1, -0.05) is 13.3 Å². The van der Waals surface area contributed by atoms with Crippen LogP contribution >= 0.6 is 0 Å². The van der Waals surface area contributed by atoms with E-state index >= 15 is 0 Å². The van der Waals surface area contributed by atoms with E-state index in [4.69, 9.17) is 9.47 Å². The lowest BCUT2D eigenvalue weighted by atomic mass is 9.97. The van der Waals surface area contributed by atoms with Crippen LogP contribution in [-0.2, 0) is 9.47 Å². The average molecular weight is 215 g/mol. The van der Waals surface area contributed by atoms with Crippen LogP contribution in [0.5, 0.6) is 0 Å². The molecule has 0 aliphatic carbocycles. The summed E-state index contributed by atoms with van der Waals surface area (Å²) in [5.74, 6) is 0.755. The first kappa shape index (κ1) is 12.9. The van der Waals surface area contributed by atoms with Crippen molar-refractivity contribution in [2.24, 2.45) is 5.92 Å². The number of methoxy groups -OCH3 is 1. The minimum atomic E-state index is 0.527. The predicted octanol–water partition coefficient (Wildman–Crippen LogP) is 1.82. The molecule has 0 aromatic heterocycles. The zero-order chi connectivity index (χ0) is 10.9. The molecule has 0 radical (unpaired) electrons. The first-order valence-corrected chi connectivity index (χ1v) is 6.18. The number of hydrogen-bond donors (Lipinski definition) is 1. The van der Waals surface area contributed by atoms with Gasteiger partial charge in [-0.2, -0.15) is 0 Å². The maximum absolute atomic E-state index is 5.66. The standard InChI is InChI=1S/C12H25NO2/c1-3-11(10-13-6-8-14-2)9-12-5-4-7-15-12/h11-13H,3-10H2,1-2H3. The van der Waals surface area contributed by atoms with Gasteiger partial charge in [0.15, 0.2) is 0 Å². The third-order valence-corrected chi connectivity index (χ3v) is 3.11. The lowest BCUT2D eigenvalue weighted by Gasteiger charge is -2.19. The van der Waals surface area contributed by atoms with Gasteiger partial charge in [0.25, 0.3) is 0 Å². The van der Waals surface area contributed by atoms with E-state index in [0.717, 1.165) is 32.2 Å². The van der Waals surface area contributed by atoms with Crippen LogP contribution in [-0.4, -0.2) is 39.5 Å². The molecule has 0 spiro atoms. The smallest absolute Gasteiger partial charge is 0.0587 e. The molecule has 0 amide bonds. The van der Waals surface area contributed by atoms with Crippen LogP contribution < -0.4 is 5.32 Å². The van der Waals surface area contributed by atoms with Crippen molar-refractivity contribution >= 4 is 0 Å². The van der Waals surface area contributed by atoms with Crippen molar-refractivity contribution in [2.75, 3.05) is 33.4 Å². The summed E-state index contributed by atoms with van der Waals surface area (Å²) in [6, 6.07) is 0.